The smallest absolute Gasteiger partial charge is 0.317 e. The SMILES string of the molecule is CCN(CC)C(=O)NC1CCC(SC)CC1. The first-order chi connectivity index (χ1) is 7.71. The molecule has 0 saturated heterocycles. The van der Waals surface area contributed by atoms with E-state index in [0.29, 0.717) is 6.04 Å². The lowest BCUT2D eigenvalue weighted by Crippen LogP contribution is -2.46. The lowest BCUT2D eigenvalue weighted by atomic mass is 9.95. The van der Waals surface area contributed by atoms with E-state index in [2.05, 4.69) is 11.6 Å². The van der Waals surface area contributed by atoms with Crippen molar-refractivity contribution < 1.29 is 4.79 Å². The Kier molecular flexibility index (Phi) is 6.03. The first kappa shape index (κ1) is 13.7. The first-order valence-electron chi connectivity index (χ1n) is 6.29. The maximum atomic E-state index is 11.8. The number of thioether (sulfide) groups is 1. The van der Waals surface area contributed by atoms with E-state index in [1.807, 2.05) is 30.5 Å². The van der Waals surface area contributed by atoms with Crippen LogP contribution >= 0.6 is 11.8 Å². The third-order valence-corrected chi connectivity index (χ3v) is 4.52. The van der Waals surface area contributed by atoms with Crippen molar-refractivity contribution >= 4 is 17.8 Å². The number of rotatable bonds is 4. The van der Waals surface area contributed by atoms with E-state index in [9.17, 15) is 4.79 Å². The second kappa shape index (κ2) is 7.05. The molecule has 0 aromatic carbocycles. The zero-order valence-electron chi connectivity index (χ0n) is 10.7. The first-order valence-corrected chi connectivity index (χ1v) is 7.58. The molecule has 16 heavy (non-hydrogen) atoms. The van der Waals surface area contributed by atoms with Crippen molar-refractivity contribution in [1.29, 1.82) is 0 Å². The van der Waals surface area contributed by atoms with Crippen molar-refractivity contribution in [3.05, 3.63) is 0 Å². The highest BCUT2D eigenvalue weighted by Crippen LogP contribution is 2.26. The molecule has 0 unspecified atom stereocenters. The van der Waals surface area contributed by atoms with Gasteiger partial charge in [0.05, 0.1) is 0 Å². The summed E-state index contributed by atoms with van der Waals surface area (Å²) >= 11 is 1.96. The molecule has 1 aliphatic carbocycles. The molecule has 0 bridgehead atoms. The van der Waals surface area contributed by atoms with Gasteiger partial charge in [-0.2, -0.15) is 11.8 Å². The molecule has 2 amide bonds. The fraction of sp³-hybridized carbons (Fsp3) is 0.917. The van der Waals surface area contributed by atoms with Crippen molar-refractivity contribution in [3.8, 4) is 0 Å². The molecule has 0 spiro atoms. The molecule has 3 nitrogen and oxygen atoms in total. The lowest BCUT2D eigenvalue weighted by Gasteiger charge is -2.30. The number of amides is 2. The summed E-state index contributed by atoms with van der Waals surface area (Å²) in [5.74, 6) is 0. The summed E-state index contributed by atoms with van der Waals surface area (Å²) < 4.78 is 0. The van der Waals surface area contributed by atoms with E-state index in [0.717, 1.165) is 31.2 Å². The zero-order valence-corrected chi connectivity index (χ0v) is 11.5. The largest absolute Gasteiger partial charge is 0.335 e. The molecule has 0 aromatic rings. The van der Waals surface area contributed by atoms with E-state index in [-0.39, 0.29) is 6.03 Å². The Bertz CT molecular complexity index is 211. The molecule has 1 N–H and O–H groups in total. The molecule has 94 valence electrons. The molecule has 1 fully saturated rings. The summed E-state index contributed by atoms with van der Waals surface area (Å²) in [5.41, 5.74) is 0. The summed E-state index contributed by atoms with van der Waals surface area (Å²) in [7, 11) is 0. The van der Waals surface area contributed by atoms with Crippen LogP contribution < -0.4 is 5.32 Å². The topological polar surface area (TPSA) is 32.3 Å². The Balaban J connectivity index is 2.30. The number of urea groups is 1. The normalized spacial score (nSPS) is 25.2. The van der Waals surface area contributed by atoms with Crippen molar-refractivity contribution in [2.45, 2.75) is 50.8 Å². The summed E-state index contributed by atoms with van der Waals surface area (Å²) in [6.45, 7) is 5.63. The maximum Gasteiger partial charge on any atom is 0.317 e. The average molecular weight is 244 g/mol. The molecule has 0 aromatic heterocycles. The Morgan fingerprint density at radius 1 is 1.25 bits per heavy atom. The van der Waals surface area contributed by atoms with Gasteiger partial charge < -0.3 is 10.2 Å². The lowest BCUT2D eigenvalue weighted by molar-refractivity contribution is 0.195. The Labute approximate surface area is 103 Å². The molecule has 0 aliphatic heterocycles. The molecule has 0 atom stereocenters. The second-order valence-electron chi connectivity index (χ2n) is 4.33. The Morgan fingerprint density at radius 2 is 1.81 bits per heavy atom. The summed E-state index contributed by atoms with van der Waals surface area (Å²) in [5, 5.41) is 3.95. The number of carbonyl (C=O) groups is 1. The number of carbonyl (C=O) groups excluding carboxylic acids is 1. The zero-order chi connectivity index (χ0) is 12.0. The molecule has 0 radical (unpaired) electrons. The van der Waals surface area contributed by atoms with Gasteiger partial charge in [-0.1, -0.05) is 0 Å². The van der Waals surface area contributed by atoms with Crippen LogP contribution in [0.15, 0.2) is 0 Å². The van der Waals surface area contributed by atoms with Gasteiger partial charge in [-0.15, -0.1) is 0 Å². The van der Waals surface area contributed by atoms with Gasteiger partial charge in [-0.05, 0) is 45.8 Å². The standard InChI is InChI=1S/C12H24N2OS/c1-4-14(5-2)12(15)13-10-6-8-11(16-3)9-7-10/h10-11H,4-9H2,1-3H3,(H,13,15). The molecule has 1 saturated carbocycles. The fourth-order valence-electron chi connectivity index (χ4n) is 2.22. The average Bonchev–Trinajstić information content (AvgIpc) is 2.31. The third-order valence-electron chi connectivity index (χ3n) is 3.39. The highest BCUT2D eigenvalue weighted by Gasteiger charge is 2.22. The Hall–Kier alpha value is -0.380. The van der Waals surface area contributed by atoms with Gasteiger partial charge in [0.25, 0.3) is 0 Å². The van der Waals surface area contributed by atoms with Crippen LogP contribution in [-0.4, -0.2) is 41.6 Å². The number of nitrogens with zero attached hydrogens (tertiary/aromatic N) is 1. The van der Waals surface area contributed by atoms with Crippen LogP contribution in [0.2, 0.25) is 0 Å². The molecule has 1 aliphatic rings. The fourth-order valence-corrected chi connectivity index (χ4v) is 2.96. The van der Waals surface area contributed by atoms with Crippen LogP contribution in [0.4, 0.5) is 4.79 Å². The van der Waals surface area contributed by atoms with Gasteiger partial charge in [0, 0.05) is 24.4 Å². The number of hydrogen-bond donors (Lipinski definition) is 1. The molecule has 4 heteroatoms. The Morgan fingerprint density at radius 3 is 2.25 bits per heavy atom. The van der Waals surface area contributed by atoms with Crippen LogP contribution in [0.5, 0.6) is 0 Å². The maximum absolute atomic E-state index is 11.8. The third kappa shape index (κ3) is 3.89. The van der Waals surface area contributed by atoms with Gasteiger partial charge in [0.1, 0.15) is 0 Å². The van der Waals surface area contributed by atoms with Gasteiger partial charge >= 0.3 is 6.03 Å². The predicted molar refractivity (Wildman–Crippen MR) is 71.0 cm³/mol. The summed E-state index contributed by atoms with van der Waals surface area (Å²) in [4.78, 5) is 13.7. The highest BCUT2D eigenvalue weighted by molar-refractivity contribution is 7.99. The number of hydrogen-bond acceptors (Lipinski definition) is 2. The quantitative estimate of drug-likeness (QED) is 0.824. The number of nitrogens with one attached hydrogen (secondary N) is 1. The van der Waals surface area contributed by atoms with Crippen LogP contribution in [0.1, 0.15) is 39.5 Å². The van der Waals surface area contributed by atoms with E-state index >= 15 is 0 Å². The minimum absolute atomic E-state index is 0.109. The second-order valence-corrected chi connectivity index (χ2v) is 5.47. The summed E-state index contributed by atoms with van der Waals surface area (Å²) in [6.07, 6.45) is 6.94. The van der Waals surface area contributed by atoms with Gasteiger partial charge in [-0.25, -0.2) is 4.79 Å². The van der Waals surface area contributed by atoms with Gasteiger partial charge in [0.2, 0.25) is 0 Å². The molecular weight excluding hydrogens is 220 g/mol. The van der Waals surface area contributed by atoms with E-state index in [4.69, 9.17) is 0 Å². The van der Waals surface area contributed by atoms with Crippen LogP contribution in [-0.2, 0) is 0 Å². The van der Waals surface area contributed by atoms with E-state index in [1.54, 1.807) is 0 Å². The highest BCUT2D eigenvalue weighted by atomic mass is 32.2. The van der Waals surface area contributed by atoms with Crippen LogP contribution in [0, 0.1) is 0 Å². The predicted octanol–water partition coefficient (Wildman–Crippen LogP) is 2.71. The van der Waals surface area contributed by atoms with Gasteiger partial charge in [-0.3, -0.25) is 0 Å². The van der Waals surface area contributed by atoms with Crippen molar-refractivity contribution in [1.82, 2.24) is 10.2 Å². The molecule has 0 heterocycles. The monoisotopic (exact) mass is 244 g/mol. The van der Waals surface area contributed by atoms with E-state index in [1.165, 1.54) is 12.8 Å². The molecular formula is C12H24N2OS. The van der Waals surface area contributed by atoms with Gasteiger partial charge in [0.15, 0.2) is 0 Å². The van der Waals surface area contributed by atoms with Crippen molar-refractivity contribution in [2.75, 3.05) is 19.3 Å². The van der Waals surface area contributed by atoms with Crippen LogP contribution in [0.25, 0.3) is 0 Å². The molecule has 1 rings (SSSR count). The van der Waals surface area contributed by atoms with Crippen molar-refractivity contribution in [2.24, 2.45) is 0 Å². The van der Waals surface area contributed by atoms with E-state index < -0.39 is 0 Å². The minimum Gasteiger partial charge on any atom is -0.335 e. The van der Waals surface area contributed by atoms with Crippen LogP contribution in [0.3, 0.4) is 0 Å². The minimum atomic E-state index is 0.109. The van der Waals surface area contributed by atoms with Crippen molar-refractivity contribution in [3.63, 3.8) is 0 Å². The summed E-state index contributed by atoms with van der Waals surface area (Å²) in [6, 6.07) is 0.508.